The van der Waals surface area contributed by atoms with Gasteiger partial charge >= 0.3 is 5.97 Å². The lowest BCUT2D eigenvalue weighted by Crippen LogP contribution is -2.51. The topological polar surface area (TPSA) is 44.1 Å². The van der Waals surface area contributed by atoms with Crippen LogP contribution >= 0.6 is 0 Å². The zero-order chi connectivity index (χ0) is 20.7. The summed E-state index contributed by atoms with van der Waals surface area (Å²) in [7, 11) is -2.04. The van der Waals surface area contributed by atoms with Crippen LogP contribution in [-0.4, -0.2) is 23.4 Å². The van der Waals surface area contributed by atoms with E-state index in [1.165, 1.54) is 6.20 Å². The Bertz CT molecular complexity index is 813. The Kier molecular flexibility index (Phi) is 5.90. The van der Waals surface area contributed by atoms with Crippen LogP contribution in [0.3, 0.4) is 0 Å². The predicted molar refractivity (Wildman–Crippen MR) is 111 cm³/mol. The number of fused-ring (bicyclic) bond motifs is 1. The van der Waals surface area contributed by atoms with E-state index in [9.17, 15) is 4.79 Å². The summed E-state index contributed by atoms with van der Waals surface area (Å²) >= 11 is 0. The van der Waals surface area contributed by atoms with E-state index in [-0.39, 0.29) is 5.75 Å². The molecule has 0 spiro atoms. The van der Waals surface area contributed by atoms with Crippen molar-refractivity contribution in [2.75, 3.05) is 0 Å². The molecule has 2 rings (SSSR count). The average molecular weight is 393 g/mol. The first-order valence-electron chi connectivity index (χ1n) is 9.73. The summed E-state index contributed by atoms with van der Waals surface area (Å²) in [5.74, 6) is -1.10. The Hall–Kier alpha value is -1.69. The predicted octanol–water partition coefficient (Wildman–Crippen LogP) is 6.15. The molecule has 0 unspecified atom stereocenters. The molecule has 0 fully saturated rings. The lowest BCUT2D eigenvalue weighted by Gasteiger charge is -2.44. The number of nitrogens with zero attached hydrogens (tertiary/aromatic N) is 2. The van der Waals surface area contributed by atoms with Gasteiger partial charge in [-0.05, 0) is 49.7 Å². The number of halogens is 1. The first-order chi connectivity index (χ1) is 12.3. The fraction of sp³-hybridized carbons (Fsp3) is 0.619. The Morgan fingerprint density at radius 3 is 2.07 bits per heavy atom. The van der Waals surface area contributed by atoms with Gasteiger partial charge in [-0.2, -0.15) is 0 Å². The summed E-state index contributed by atoms with van der Waals surface area (Å²) in [6.07, 6.45) is 3.32. The van der Waals surface area contributed by atoms with Crippen molar-refractivity contribution in [3.63, 3.8) is 0 Å². The molecule has 0 radical (unpaired) electrons. The Balaban J connectivity index is 2.63. The third-order valence-electron chi connectivity index (χ3n) is 5.62. The van der Waals surface area contributed by atoms with E-state index in [4.69, 9.17) is 4.74 Å². The third-order valence-corrected chi connectivity index (χ3v) is 12.4. The minimum absolute atomic E-state index is 0.105. The SMILES string of the molecule is CC(C)[Si](C(C)C)(C(C)C)n1ccc2c(F)c(OC(=O)C(C)(C)C)cnc21. The van der Waals surface area contributed by atoms with E-state index in [1.807, 2.05) is 6.20 Å². The zero-order valence-electron chi connectivity index (χ0n) is 18.1. The van der Waals surface area contributed by atoms with E-state index in [1.54, 1.807) is 26.8 Å². The van der Waals surface area contributed by atoms with Crippen molar-refractivity contribution >= 4 is 25.2 Å². The molecule has 0 aliphatic heterocycles. The van der Waals surface area contributed by atoms with Gasteiger partial charge < -0.3 is 8.97 Å². The maximum atomic E-state index is 15.1. The summed E-state index contributed by atoms with van der Waals surface area (Å²) in [4.78, 5) is 16.7. The van der Waals surface area contributed by atoms with Gasteiger partial charge in [-0.25, -0.2) is 9.37 Å². The Morgan fingerprint density at radius 1 is 1.11 bits per heavy atom. The van der Waals surface area contributed by atoms with Gasteiger partial charge in [-0.1, -0.05) is 41.5 Å². The zero-order valence-corrected chi connectivity index (χ0v) is 19.1. The molecule has 0 bridgehead atoms. The fourth-order valence-electron chi connectivity index (χ4n) is 4.51. The van der Waals surface area contributed by atoms with Crippen LogP contribution in [0, 0.1) is 11.2 Å². The second-order valence-electron chi connectivity index (χ2n) is 9.35. The second-order valence-corrected chi connectivity index (χ2v) is 15.1. The molecule has 150 valence electrons. The minimum atomic E-state index is -2.04. The number of esters is 1. The number of hydrogen-bond acceptors (Lipinski definition) is 3. The van der Waals surface area contributed by atoms with Gasteiger partial charge in [-0.3, -0.25) is 4.79 Å². The van der Waals surface area contributed by atoms with Gasteiger partial charge in [0, 0.05) is 0 Å². The number of carbonyl (C=O) groups excluding carboxylic acids is 1. The Morgan fingerprint density at radius 2 is 1.63 bits per heavy atom. The molecule has 27 heavy (non-hydrogen) atoms. The first-order valence-corrected chi connectivity index (χ1v) is 11.9. The smallest absolute Gasteiger partial charge is 0.316 e. The highest BCUT2D eigenvalue weighted by Gasteiger charge is 2.46. The van der Waals surface area contributed by atoms with Crippen LogP contribution in [-0.2, 0) is 4.79 Å². The molecule has 0 amide bonds. The Labute approximate surface area is 163 Å². The summed E-state index contributed by atoms with van der Waals surface area (Å²) in [5.41, 5.74) is 1.34. The molecular weight excluding hydrogens is 359 g/mol. The number of rotatable bonds is 5. The van der Waals surface area contributed by atoms with Crippen LogP contribution in [0.5, 0.6) is 5.75 Å². The van der Waals surface area contributed by atoms with Crippen LogP contribution in [0.2, 0.25) is 16.6 Å². The molecule has 0 aliphatic carbocycles. The maximum absolute atomic E-state index is 15.1. The molecule has 0 atom stereocenters. The van der Waals surface area contributed by atoms with E-state index < -0.39 is 25.4 Å². The molecule has 2 aromatic heterocycles. The van der Waals surface area contributed by atoms with Crippen LogP contribution in [0.4, 0.5) is 4.39 Å². The highest BCUT2D eigenvalue weighted by Crippen LogP contribution is 2.44. The molecule has 0 saturated heterocycles. The summed E-state index contributed by atoms with van der Waals surface area (Å²) in [6.45, 7) is 18.8. The monoisotopic (exact) mass is 392 g/mol. The quantitative estimate of drug-likeness (QED) is 0.453. The number of hydrogen-bond donors (Lipinski definition) is 0. The van der Waals surface area contributed by atoms with E-state index in [0.29, 0.717) is 27.7 Å². The number of aromatic nitrogens is 2. The van der Waals surface area contributed by atoms with Crippen LogP contribution in [0.15, 0.2) is 18.5 Å². The van der Waals surface area contributed by atoms with Gasteiger partial charge in [-0.15, -0.1) is 0 Å². The maximum Gasteiger partial charge on any atom is 0.316 e. The lowest BCUT2D eigenvalue weighted by atomic mass is 9.97. The molecule has 0 aliphatic rings. The van der Waals surface area contributed by atoms with Gasteiger partial charge in [0.25, 0.3) is 0 Å². The molecule has 2 aromatic rings. The second kappa shape index (κ2) is 7.38. The molecular formula is C21H33FN2O2Si. The average Bonchev–Trinajstić information content (AvgIpc) is 2.93. The third kappa shape index (κ3) is 3.56. The number of ether oxygens (including phenoxy) is 1. The highest BCUT2D eigenvalue weighted by molar-refractivity contribution is 6.82. The van der Waals surface area contributed by atoms with Gasteiger partial charge in [0.1, 0.15) is 5.65 Å². The number of carbonyl (C=O) groups is 1. The van der Waals surface area contributed by atoms with Crippen molar-refractivity contribution in [2.24, 2.45) is 5.41 Å². The minimum Gasteiger partial charge on any atom is -0.421 e. The largest absolute Gasteiger partial charge is 0.421 e. The summed E-state index contributed by atoms with van der Waals surface area (Å²) in [6, 6.07) is 1.76. The standard InChI is InChI=1S/C21H33FN2O2Si/c1-13(2)27(14(3)4,15(5)6)24-11-10-16-18(22)17(12-23-19(16)24)26-20(25)21(7,8)9/h10-15H,1-9H3. The van der Waals surface area contributed by atoms with E-state index in [2.05, 4.69) is 50.8 Å². The number of pyridine rings is 1. The lowest BCUT2D eigenvalue weighted by molar-refractivity contribution is -0.143. The van der Waals surface area contributed by atoms with Crippen molar-refractivity contribution in [3.05, 3.63) is 24.3 Å². The van der Waals surface area contributed by atoms with Gasteiger partial charge in [0.15, 0.2) is 19.8 Å². The summed E-state index contributed by atoms with van der Waals surface area (Å²) in [5, 5.41) is 0.410. The van der Waals surface area contributed by atoms with Crippen LogP contribution < -0.4 is 4.74 Å². The molecule has 4 nitrogen and oxygen atoms in total. The van der Waals surface area contributed by atoms with Crippen molar-refractivity contribution in [1.29, 1.82) is 0 Å². The summed E-state index contributed by atoms with van der Waals surface area (Å²) < 4.78 is 22.6. The fourth-order valence-corrected chi connectivity index (χ4v) is 11.1. The molecule has 6 heteroatoms. The van der Waals surface area contributed by atoms with Crippen molar-refractivity contribution < 1.29 is 13.9 Å². The van der Waals surface area contributed by atoms with Crippen LogP contribution in [0.1, 0.15) is 62.3 Å². The molecule has 2 heterocycles. The van der Waals surface area contributed by atoms with Gasteiger partial charge in [0.2, 0.25) is 0 Å². The molecule has 0 saturated carbocycles. The van der Waals surface area contributed by atoms with Crippen molar-refractivity contribution in [2.45, 2.75) is 78.9 Å². The van der Waals surface area contributed by atoms with Gasteiger partial charge in [0.05, 0.1) is 17.0 Å². The first kappa shape index (κ1) is 21.6. The van der Waals surface area contributed by atoms with Crippen molar-refractivity contribution in [1.82, 2.24) is 9.22 Å². The van der Waals surface area contributed by atoms with Crippen LogP contribution in [0.25, 0.3) is 11.0 Å². The normalized spacial score (nSPS) is 13.2. The van der Waals surface area contributed by atoms with E-state index in [0.717, 1.165) is 0 Å². The molecule has 0 N–H and O–H groups in total. The highest BCUT2D eigenvalue weighted by atomic mass is 28.3. The van der Waals surface area contributed by atoms with Crippen molar-refractivity contribution in [3.8, 4) is 5.75 Å². The molecule has 0 aromatic carbocycles. The van der Waals surface area contributed by atoms with E-state index >= 15 is 4.39 Å².